The van der Waals surface area contributed by atoms with Crippen molar-refractivity contribution in [2.24, 2.45) is 5.92 Å². The standard InChI is InChI=1S/C21H24N2O2S/c1-15-5-7-17(8-6-15)20(24)22-19(14-18-4-3-13-26-18)21(25)23-11-9-16(2)10-12-23/h3-8,13-14,16H,9-12H2,1-2H3,(H,22,24)/b19-14+. The quantitative estimate of drug-likeness (QED) is 0.827. The molecule has 0 spiro atoms. The lowest BCUT2D eigenvalue weighted by Crippen LogP contribution is -2.42. The Labute approximate surface area is 158 Å². The van der Waals surface area contributed by atoms with Gasteiger partial charge in [-0.15, -0.1) is 11.3 Å². The number of hydrogen-bond donors (Lipinski definition) is 1. The van der Waals surface area contributed by atoms with E-state index in [4.69, 9.17) is 0 Å². The van der Waals surface area contributed by atoms with Gasteiger partial charge in [0.25, 0.3) is 11.8 Å². The fourth-order valence-corrected chi connectivity index (χ4v) is 3.61. The van der Waals surface area contributed by atoms with Crippen LogP contribution < -0.4 is 5.32 Å². The normalized spacial score (nSPS) is 15.8. The number of likely N-dealkylation sites (tertiary alicyclic amines) is 1. The second kappa shape index (κ2) is 8.32. The highest BCUT2D eigenvalue weighted by molar-refractivity contribution is 7.10. The summed E-state index contributed by atoms with van der Waals surface area (Å²) in [6.07, 6.45) is 3.78. The summed E-state index contributed by atoms with van der Waals surface area (Å²) < 4.78 is 0. The lowest BCUT2D eigenvalue weighted by Gasteiger charge is -2.31. The van der Waals surface area contributed by atoms with Gasteiger partial charge in [0, 0.05) is 23.5 Å². The van der Waals surface area contributed by atoms with E-state index in [0.29, 0.717) is 17.2 Å². The summed E-state index contributed by atoms with van der Waals surface area (Å²) in [5, 5.41) is 4.79. The van der Waals surface area contributed by atoms with Crippen LogP contribution in [0.4, 0.5) is 0 Å². The van der Waals surface area contributed by atoms with Gasteiger partial charge < -0.3 is 10.2 Å². The Kier molecular flexibility index (Phi) is 5.89. The third kappa shape index (κ3) is 4.61. The molecule has 0 unspecified atom stereocenters. The zero-order valence-electron chi connectivity index (χ0n) is 15.2. The smallest absolute Gasteiger partial charge is 0.270 e. The molecule has 0 aliphatic carbocycles. The first-order valence-electron chi connectivity index (χ1n) is 8.95. The van der Waals surface area contributed by atoms with Gasteiger partial charge in [0.15, 0.2) is 0 Å². The van der Waals surface area contributed by atoms with E-state index in [-0.39, 0.29) is 11.8 Å². The lowest BCUT2D eigenvalue weighted by molar-refractivity contribution is -0.128. The highest BCUT2D eigenvalue weighted by Crippen LogP contribution is 2.19. The number of piperidine rings is 1. The van der Waals surface area contributed by atoms with Gasteiger partial charge in [0.05, 0.1) is 0 Å². The van der Waals surface area contributed by atoms with Crippen molar-refractivity contribution in [3.8, 4) is 0 Å². The number of carbonyl (C=O) groups excluding carboxylic acids is 2. The summed E-state index contributed by atoms with van der Waals surface area (Å²) in [6, 6.07) is 11.2. The molecule has 2 heterocycles. The minimum absolute atomic E-state index is 0.106. The molecule has 0 bridgehead atoms. The van der Waals surface area contributed by atoms with E-state index >= 15 is 0 Å². The molecule has 1 saturated heterocycles. The summed E-state index contributed by atoms with van der Waals surface area (Å²) in [6.45, 7) is 5.67. The first-order chi connectivity index (χ1) is 12.5. The summed E-state index contributed by atoms with van der Waals surface area (Å²) in [7, 11) is 0. The molecule has 0 atom stereocenters. The van der Waals surface area contributed by atoms with Gasteiger partial charge in [-0.2, -0.15) is 0 Å². The first kappa shape index (κ1) is 18.4. The van der Waals surface area contributed by atoms with Crippen LogP contribution in [-0.2, 0) is 4.79 Å². The fraction of sp³-hybridized carbons (Fsp3) is 0.333. The molecule has 0 saturated carbocycles. The number of thiophene rings is 1. The van der Waals surface area contributed by atoms with Crippen molar-refractivity contribution < 1.29 is 9.59 Å². The van der Waals surface area contributed by atoms with Crippen LogP contribution in [0, 0.1) is 12.8 Å². The van der Waals surface area contributed by atoms with Crippen LogP contribution in [-0.4, -0.2) is 29.8 Å². The predicted molar refractivity (Wildman–Crippen MR) is 106 cm³/mol. The van der Waals surface area contributed by atoms with Crippen LogP contribution in [0.3, 0.4) is 0 Å². The molecule has 1 aromatic heterocycles. The molecule has 1 N–H and O–H groups in total. The minimum atomic E-state index is -0.258. The van der Waals surface area contributed by atoms with Gasteiger partial charge in [-0.05, 0) is 55.3 Å². The van der Waals surface area contributed by atoms with Crippen molar-refractivity contribution in [2.45, 2.75) is 26.7 Å². The van der Waals surface area contributed by atoms with Crippen LogP contribution in [0.5, 0.6) is 0 Å². The van der Waals surface area contributed by atoms with Crippen molar-refractivity contribution in [1.29, 1.82) is 0 Å². The van der Waals surface area contributed by atoms with Gasteiger partial charge in [-0.3, -0.25) is 9.59 Å². The molecule has 2 aromatic rings. The third-order valence-electron chi connectivity index (χ3n) is 4.69. The zero-order chi connectivity index (χ0) is 18.5. The van der Waals surface area contributed by atoms with E-state index in [0.717, 1.165) is 36.4 Å². The van der Waals surface area contributed by atoms with Crippen LogP contribution in [0.1, 0.15) is 40.6 Å². The Morgan fingerprint density at radius 2 is 1.85 bits per heavy atom. The van der Waals surface area contributed by atoms with E-state index in [1.807, 2.05) is 41.5 Å². The molecule has 1 aliphatic rings. The number of carbonyl (C=O) groups is 2. The lowest BCUT2D eigenvalue weighted by atomic mass is 9.99. The Morgan fingerprint density at radius 3 is 2.46 bits per heavy atom. The minimum Gasteiger partial charge on any atom is -0.337 e. The maximum atomic E-state index is 13.0. The highest BCUT2D eigenvalue weighted by atomic mass is 32.1. The number of nitrogens with one attached hydrogen (secondary N) is 1. The van der Waals surface area contributed by atoms with E-state index < -0.39 is 0 Å². The van der Waals surface area contributed by atoms with Gasteiger partial charge >= 0.3 is 0 Å². The average molecular weight is 369 g/mol. The average Bonchev–Trinajstić information content (AvgIpc) is 3.15. The van der Waals surface area contributed by atoms with Gasteiger partial charge in [-0.25, -0.2) is 0 Å². The van der Waals surface area contributed by atoms with Crippen molar-refractivity contribution in [3.05, 3.63) is 63.5 Å². The molecule has 4 nitrogen and oxygen atoms in total. The summed E-state index contributed by atoms with van der Waals surface area (Å²) in [5.74, 6) is 0.281. The number of benzene rings is 1. The molecule has 1 aromatic carbocycles. The van der Waals surface area contributed by atoms with Gasteiger partial charge in [0.2, 0.25) is 0 Å². The maximum absolute atomic E-state index is 13.0. The molecule has 0 radical (unpaired) electrons. The Morgan fingerprint density at radius 1 is 1.15 bits per heavy atom. The van der Waals surface area contributed by atoms with E-state index in [2.05, 4.69) is 12.2 Å². The third-order valence-corrected chi connectivity index (χ3v) is 5.51. The predicted octanol–water partition coefficient (Wildman–Crippen LogP) is 4.09. The zero-order valence-corrected chi connectivity index (χ0v) is 16.0. The van der Waals surface area contributed by atoms with E-state index in [1.165, 1.54) is 0 Å². The summed E-state index contributed by atoms with van der Waals surface area (Å²) >= 11 is 1.54. The van der Waals surface area contributed by atoms with Crippen molar-refractivity contribution in [3.63, 3.8) is 0 Å². The Hall–Kier alpha value is -2.40. The van der Waals surface area contributed by atoms with Crippen molar-refractivity contribution >= 4 is 29.2 Å². The van der Waals surface area contributed by atoms with Crippen LogP contribution >= 0.6 is 11.3 Å². The molecular weight excluding hydrogens is 344 g/mol. The second-order valence-electron chi connectivity index (χ2n) is 6.87. The topological polar surface area (TPSA) is 49.4 Å². The molecule has 2 amide bonds. The maximum Gasteiger partial charge on any atom is 0.270 e. The first-order valence-corrected chi connectivity index (χ1v) is 9.83. The van der Waals surface area contributed by atoms with E-state index in [1.54, 1.807) is 29.5 Å². The second-order valence-corrected chi connectivity index (χ2v) is 7.85. The number of hydrogen-bond acceptors (Lipinski definition) is 3. The summed E-state index contributed by atoms with van der Waals surface area (Å²) in [5.41, 5.74) is 1.98. The molecule has 136 valence electrons. The molecule has 5 heteroatoms. The Bertz CT molecular complexity index is 786. The van der Waals surface area contributed by atoms with Crippen LogP contribution in [0.15, 0.2) is 47.5 Å². The Balaban J connectivity index is 1.80. The van der Waals surface area contributed by atoms with Crippen molar-refractivity contribution in [2.75, 3.05) is 13.1 Å². The molecular formula is C21H24N2O2S. The molecule has 1 fully saturated rings. The molecule has 3 rings (SSSR count). The van der Waals surface area contributed by atoms with Crippen LogP contribution in [0.25, 0.3) is 6.08 Å². The summed E-state index contributed by atoms with van der Waals surface area (Å²) in [4.78, 5) is 28.4. The SMILES string of the molecule is Cc1ccc(C(=O)N/C(=C/c2cccs2)C(=O)N2CCC(C)CC2)cc1. The van der Waals surface area contributed by atoms with Gasteiger partial charge in [0.1, 0.15) is 5.70 Å². The van der Waals surface area contributed by atoms with Crippen LogP contribution in [0.2, 0.25) is 0 Å². The number of nitrogens with zero attached hydrogens (tertiary/aromatic N) is 1. The monoisotopic (exact) mass is 368 g/mol. The largest absolute Gasteiger partial charge is 0.337 e. The fourth-order valence-electron chi connectivity index (χ4n) is 2.95. The number of rotatable bonds is 4. The highest BCUT2D eigenvalue weighted by Gasteiger charge is 2.24. The molecule has 26 heavy (non-hydrogen) atoms. The van der Waals surface area contributed by atoms with Crippen molar-refractivity contribution in [1.82, 2.24) is 10.2 Å². The van der Waals surface area contributed by atoms with Gasteiger partial charge in [-0.1, -0.05) is 30.7 Å². The van der Waals surface area contributed by atoms with E-state index in [9.17, 15) is 9.59 Å². The number of amides is 2. The number of aryl methyl sites for hydroxylation is 1. The molecule has 1 aliphatic heterocycles.